The third-order valence-electron chi connectivity index (χ3n) is 3.68. The zero-order chi connectivity index (χ0) is 18.2. The molecule has 0 radical (unpaired) electrons. The van der Waals surface area contributed by atoms with Crippen LogP contribution in [0.25, 0.3) is 5.82 Å². The van der Waals surface area contributed by atoms with Crippen molar-refractivity contribution < 1.29 is 13.2 Å². The number of alkyl halides is 3. The Labute approximate surface area is 147 Å². The van der Waals surface area contributed by atoms with Crippen LogP contribution in [-0.4, -0.2) is 27.1 Å². The van der Waals surface area contributed by atoms with Crippen LogP contribution < -0.4 is 5.73 Å². The lowest BCUT2D eigenvalue weighted by atomic mass is 10.1. The summed E-state index contributed by atoms with van der Waals surface area (Å²) in [4.78, 5) is 5.73. The summed E-state index contributed by atoms with van der Waals surface area (Å²) in [5.41, 5.74) is 6.16. The van der Waals surface area contributed by atoms with Gasteiger partial charge in [0.05, 0.1) is 18.3 Å². The fraction of sp³-hybridized carbons (Fsp3) is 0.250. The van der Waals surface area contributed by atoms with E-state index in [0.29, 0.717) is 0 Å². The summed E-state index contributed by atoms with van der Waals surface area (Å²) in [6.45, 7) is 1.94. The number of aliphatic imine (C=N–C) groups is 1. The van der Waals surface area contributed by atoms with Crippen molar-refractivity contribution in [3.63, 3.8) is 0 Å². The van der Waals surface area contributed by atoms with Gasteiger partial charge in [0.2, 0.25) is 0 Å². The smallest absolute Gasteiger partial charge is 0.386 e. The Balaban J connectivity index is 1.96. The molecule has 0 amide bonds. The van der Waals surface area contributed by atoms with Crippen molar-refractivity contribution in [3.05, 3.63) is 58.5 Å². The SMILES string of the molecule is Cc1cnn(C2=C(Cl)N(Cc3ccccc3C(F)(F)F)CC(N)=N2)c1. The summed E-state index contributed by atoms with van der Waals surface area (Å²) in [6.07, 6.45) is -1.10. The number of benzene rings is 1. The minimum atomic E-state index is -4.44. The van der Waals surface area contributed by atoms with Gasteiger partial charge < -0.3 is 10.6 Å². The molecule has 0 saturated carbocycles. The summed E-state index contributed by atoms with van der Waals surface area (Å²) < 4.78 is 41.0. The molecule has 1 aliphatic heterocycles. The van der Waals surface area contributed by atoms with Gasteiger partial charge in [-0.2, -0.15) is 18.3 Å². The minimum absolute atomic E-state index is 0.0471. The van der Waals surface area contributed by atoms with Gasteiger partial charge in [-0.3, -0.25) is 0 Å². The van der Waals surface area contributed by atoms with Crippen LogP contribution in [0, 0.1) is 6.92 Å². The van der Waals surface area contributed by atoms with E-state index in [0.717, 1.165) is 11.6 Å². The van der Waals surface area contributed by atoms with Crippen molar-refractivity contribution >= 4 is 23.3 Å². The van der Waals surface area contributed by atoms with E-state index in [2.05, 4.69) is 10.1 Å². The average molecular weight is 370 g/mol. The van der Waals surface area contributed by atoms with Crippen LogP contribution in [-0.2, 0) is 12.7 Å². The Morgan fingerprint density at radius 2 is 2.00 bits per heavy atom. The van der Waals surface area contributed by atoms with Crippen molar-refractivity contribution in [2.45, 2.75) is 19.6 Å². The normalized spacial score (nSPS) is 15.6. The maximum Gasteiger partial charge on any atom is 0.416 e. The average Bonchev–Trinajstić information content (AvgIpc) is 2.96. The number of hydrogen-bond acceptors (Lipinski definition) is 4. The van der Waals surface area contributed by atoms with Crippen LogP contribution in [0.2, 0.25) is 0 Å². The van der Waals surface area contributed by atoms with Gasteiger partial charge >= 0.3 is 6.18 Å². The molecule has 0 bridgehead atoms. The number of hydrogen-bond donors (Lipinski definition) is 1. The molecule has 1 aromatic heterocycles. The Bertz CT molecular complexity index is 853. The fourth-order valence-corrected chi connectivity index (χ4v) is 2.81. The molecule has 0 saturated heterocycles. The highest BCUT2D eigenvalue weighted by atomic mass is 35.5. The van der Waals surface area contributed by atoms with Crippen LogP contribution in [0.5, 0.6) is 0 Å². The first kappa shape index (κ1) is 17.3. The number of aromatic nitrogens is 2. The minimum Gasteiger partial charge on any atom is -0.386 e. The second-order valence-corrected chi connectivity index (χ2v) is 6.05. The van der Waals surface area contributed by atoms with Gasteiger partial charge in [-0.1, -0.05) is 29.8 Å². The molecule has 0 atom stereocenters. The molecule has 3 rings (SSSR count). The third-order valence-corrected chi connectivity index (χ3v) is 4.09. The van der Waals surface area contributed by atoms with Crippen LogP contribution in [0.1, 0.15) is 16.7 Å². The second kappa shape index (κ2) is 6.44. The third kappa shape index (κ3) is 3.63. The lowest BCUT2D eigenvalue weighted by Gasteiger charge is -2.29. The Morgan fingerprint density at radius 3 is 2.64 bits per heavy atom. The number of rotatable bonds is 3. The van der Waals surface area contributed by atoms with Crippen molar-refractivity contribution in [1.29, 1.82) is 0 Å². The van der Waals surface area contributed by atoms with E-state index < -0.39 is 11.7 Å². The van der Waals surface area contributed by atoms with E-state index in [-0.39, 0.29) is 35.5 Å². The molecule has 132 valence electrons. The van der Waals surface area contributed by atoms with Gasteiger partial charge in [0.1, 0.15) is 5.84 Å². The zero-order valence-corrected chi connectivity index (χ0v) is 14.0. The molecular weight excluding hydrogens is 355 g/mol. The molecular formula is C16H15ClF3N5. The second-order valence-electron chi connectivity index (χ2n) is 5.69. The monoisotopic (exact) mass is 369 g/mol. The topological polar surface area (TPSA) is 59.4 Å². The predicted octanol–water partition coefficient (Wildman–Crippen LogP) is 3.41. The maximum absolute atomic E-state index is 13.2. The molecule has 0 spiro atoms. The summed E-state index contributed by atoms with van der Waals surface area (Å²) in [7, 11) is 0. The molecule has 2 heterocycles. The van der Waals surface area contributed by atoms with Gasteiger partial charge in [-0.05, 0) is 24.1 Å². The largest absolute Gasteiger partial charge is 0.416 e. The molecule has 25 heavy (non-hydrogen) atoms. The number of nitrogens with two attached hydrogens (primary N) is 1. The Morgan fingerprint density at radius 1 is 1.28 bits per heavy atom. The van der Waals surface area contributed by atoms with Gasteiger partial charge in [-0.15, -0.1) is 0 Å². The van der Waals surface area contributed by atoms with Gasteiger partial charge in [0, 0.05) is 12.7 Å². The molecule has 0 unspecified atom stereocenters. The van der Waals surface area contributed by atoms with Crippen LogP contribution in [0.15, 0.2) is 46.8 Å². The molecule has 2 aromatic rings. The van der Waals surface area contributed by atoms with Crippen molar-refractivity contribution in [3.8, 4) is 0 Å². The highest BCUT2D eigenvalue weighted by Crippen LogP contribution is 2.34. The Hall–Kier alpha value is -2.48. The zero-order valence-electron chi connectivity index (χ0n) is 13.3. The standard InChI is InChI=1S/C16H15ClF3N5/c1-10-6-22-25(7-10)15-14(17)24(9-13(21)23-15)8-11-4-2-3-5-12(11)16(18,19)20/h2-7H,8-9H2,1H3,(H2,21,23). The van der Waals surface area contributed by atoms with E-state index in [1.165, 1.54) is 16.8 Å². The molecule has 1 aliphatic rings. The lowest BCUT2D eigenvalue weighted by Crippen LogP contribution is -2.36. The van der Waals surface area contributed by atoms with E-state index >= 15 is 0 Å². The summed E-state index contributed by atoms with van der Waals surface area (Å²) in [5, 5.41) is 4.32. The quantitative estimate of drug-likeness (QED) is 0.843. The summed E-state index contributed by atoms with van der Waals surface area (Å²) in [5.74, 6) is 0.528. The number of amidine groups is 1. The number of nitrogens with zero attached hydrogens (tertiary/aromatic N) is 4. The number of aryl methyl sites for hydroxylation is 1. The maximum atomic E-state index is 13.2. The predicted molar refractivity (Wildman–Crippen MR) is 89.5 cm³/mol. The van der Waals surface area contributed by atoms with Crippen LogP contribution >= 0.6 is 11.6 Å². The lowest BCUT2D eigenvalue weighted by molar-refractivity contribution is -0.138. The van der Waals surface area contributed by atoms with Gasteiger partial charge in [-0.25, -0.2) is 9.67 Å². The van der Waals surface area contributed by atoms with Crippen LogP contribution in [0.4, 0.5) is 13.2 Å². The first-order chi connectivity index (χ1) is 11.8. The highest BCUT2D eigenvalue weighted by molar-refractivity contribution is 6.32. The molecule has 0 aliphatic carbocycles. The van der Waals surface area contributed by atoms with Gasteiger partial charge in [0.15, 0.2) is 11.0 Å². The van der Waals surface area contributed by atoms with Crippen molar-refractivity contribution in [1.82, 2.24) is 14.7 Å². The number of halogens is 4. The summed E-state index contributed by atoms with van der Waals surface area (Å²) in [6, 6.07) is 5.38. The van der Waals surface area contributed by atoms with E-state index in [9.17, 15) is 13.2 Å². The first-order valence-corrected chi connectivity index (χ1v) is 7.78. The Kier molecular flexibility index (Phi) is 4.47. The van der Waals surface area contributed by atoms with Crippen LogP contribution in [0.3, 0.4) is 0 Å². The first-order valence-electron chi connectivity index (χ1n) is 7.40. The molecule has 9 heteroatoms. The van der Waals surface area contributed by atoms with E-state index in [1.807, 2.05) is 6.92 Å². The summed E-state index contributed by atoms with van der Waals surface area (Å²) >= 11 is 6.38. The van der Waals surface area contributed by atoms with Gasteiger partial charge in [0.25, 0.3) is 0 Å². The van der Waals surface area contributed by atoms with Crippen molar-refractivity contribution in [2.75, 3.05) is 6.54 Å². The van der Waals surface area contributed by atoms with Crippen molar-refractivity contribution in [2.24, 2.45) is 10.7 Å². The molecule has 1 aromatic carbocycles. The molecule has 2 N–H and O–H groups in total. The molecule has 0 fully saturated rings. The van der Waals surface area contributed by atoms with E-state index in [4.69, 9.17) is 17.3 Å². The highest BCUT2D eigenvalue weighted by Gasteiger charge is 2.34. The van der Waals surface area contributed by atoms with E-state index in [1.54, 1.807) is 23.4 Å². The molecule has 5 nitrogen and oxygen atoms in total. The fourth-order valence-electron chi connectivity index (χ4n) is 2.56.